The van der Waals surface area contributed by atoms with Gasteiger partial charge < -0.3 is 15.2 Å². The number of hydrogen-bond acceptors (Lipinski definition) is 6. The number of benzene rings is 2. The highest BCUT2D eigenvalue weighted by Crippen LogP contribution is 2.33. The molecule has 1 saturated heterocycles. The Morgan fingerprint density at radius 3 is 2.57 bits per heavy atom. The molecule has 7 rings (SSSR count). The summed E-state index contributed by atoms with van der Waals surface area (Å²) in [6, 6.07) is 17.7. The fourth-order valence-electron chi connectivity index (χ4n) is 5.43. The van der Waals surface area contributed by atoms with Gasteiger partial charge in [0.25, 0.3) is 5.91 Å². The number of H-pyrrole nitrogens is 2. The maximum Gasteiger partial charge on any atom is 0.253 e. The second kappa shape index (κ2) is 10.5. The van der Waals surface area contributed by atoms with Crippen LogP contribution in [0.5, 0.6) is 0 Å². The van der Waals surface area contributed by atoms with E-state index >= 15 is 0 Å². The molecule has 2 aromatic carbocycles. The van der Waals surface area contributed by atoms with Crippen molar-refractivity contribution in [2.24, 2.45) is 0 Å². The maximum absolute atomic E-state index is 12.8. The monoisotopic (exact) mass is 556 g/mol. The van der Waals surface area contributed by atoms with Crippen LogP contribution in [-0.2, 0) is 4.79 Å². The second-order valence-electron chi connectivity index (χ2n) is 10.4. The number of rotatable bonds is 6. The van der Waals surface area contributed by atoms with E-state index in [0.29, 0.717) is 29.1 Å². The van der Waals surface area contributed by atoms with E-state index in [2.05, 4.69) is 30.5 Å². The Morgan fingerprint density at radius 2 is 1.76 bits per heavy atom. The average molecular weight is 557 g/mol. The van der Waals surface area contributed by atoms with E-state index in [9.17, 15) is 9.59 Å². The van der Waals surface area contributed by atoms with Gasteiger partial charge in [0.15, 0.2) is 11.5 Å². The Kier molecular flexibility index (Phi) is 6.42. The lowest BCUT2D eigenvalue weighted by atomic mass is 10.0. The minimum atomic E-state index is -0.0737. The molecule has 5 heterocycles. The second-order valence-corrected chi connectivity index (χ2v) is 10.4. The third-order valence-electron chi connectivity index (χ3n) is 7.67. The van der Waals surface area contributed by atoms with Crippen molar-refractivity contribution in [2.45, 2.75) is 26.2 Å². The average Bonchev–Trinajstić information content (AvgIpc) is 3.80. The number of likely N-dealkylation sites (tertiary alicyclic amines) is 1. The summed E-state index contributed by atoms with van der Waals surface area (Å²) in [4.78, 5) is 43.8. The highest BCUT2D eigenvalue weighted by molar-refractivity contribution is 5.99. The predicted octanol–water partition coefficient (Wildman–Crippen LogP) is 5.81. The molecule has 42 heavy (non-hydrogen) atoms. The lowest BCUT2D eigenvalue weighted by Crippen LogP contribution is -2.27. The molecule has 10 nitrogen and oxygen atoms in total. The van der Waals surface area contributed by atoms with Gasteiger partial charge in [0.1, 0.15) is 5.69 Å². The fourth-order valence-corrected chi connectivity index (χ4v) is 5.43. The van der Waals surface area contributed by atoms with Crippen molar-refractivity contribution in [3.8, 4) is 33.8 Å². The first-order valence-electron chi connectivity index (χ1n) is 14.1. The molecular weight excluding hydrogens is 528 g/mol. The number of imidazole rings is 1. The van der Waals surface area contributed by atoms with Crippen LogP contribution in [0, 0.1) is 0 Å². The molecule has 0 atom stereocenters. The smallest absolute Gasteiger partial charge is 0.253 e. The van der Waals surface area contributed by atoms with Crippen molar-refractivity contribution >= 4 is 39.6 Å². The van der Waals surface area contributed by atoms with Crippen molar-refractivity contribution in [1.29, 1.82) is 0 Å². The van der Waals surface area contributed by atoms with Crippen molar-refractivity contribution in [1.82, 2.24) is 35.0 Å². The number of carbonyl (C=O) groups excluding carboxylic acids is 2. The molecule has 1 fully saturated rings. The molecule has 0 bridgehead atoms. The number of aromatic nitrogens is 6. The van der Waals surface area contributed by atoms with E-state index in [1.807, 2.05) is 59.5 Å². The molecule has 208 valence electrons. The standard InChI is InChI=1S/C32H28N8O2/c1-2-27(41)35-23-14-21(16-33-18-23)22-15-25-29(38-39-30(25)34-17-22)31-36-26-7-5-6-24(28(26)37-31)19-8-10-20(11-9-19)32(42)40-12-3-4-13-40/h5-11,14-18H,2-4,12-13H2,1H3,(H,35,41)(H,36,37)(H,34,38,39). The first kappa shape index (κ1) is 25.6. The highest BCUT2D eigenvalue weighted by atomic mass is 16.2. The molecule has 6 aromatic rings. The molecule has 1 aliphatic heterocycles. The quantitative estimate of drug-likeness (QED) is 0.237. The van der Waals surface area contributed by atoms with Gasteiger partial charge in [0.2, 0.25) is 5.91 Å². The van der Waals surface area contributed by atoms with Crippen LogP contribution < -0.4 is 5.32 Å². The van der Waals surface area contributed by atoms with E-state index in [-0.39, 0.29) is 11.8 Å². The molecule has 10 heteroatoms. The predicted molar refractivity (Wildman–Crippen MR) is 162 cm³/mol. The SMILES string of the molecule is CCC(=O)Nc1cncc(-c2cnc3n[nH]c(-c4nc5c(-c6ccc(C(=O)N7CCCC7)cc6)cccc5[nH]4)c3c2)c1. The van der Waals surface area contributed by atoms with Crippen LogP contribution >= 0.6 is 0 Å². The van der Waals surface area contributed by atoms with Gasteiger partial charge in [-0.1, -0.05) is 31.2 Å². The summed E-state index contributed by atoms with van der Waals surface area (Å²) >= 11 is 0. The fraction of sp³-hybridized carbons (Fsp3) is 0.188. The van der Waals surface area contributed by atoms with Gasteiger partial charge >= 0.3 is 0 Å². The number of amides is 2. The molecule has 0 radical (unpaired) electrons. The maximum atomic E-state index is 12.8. The number of fused-ring (bicyclic) bond motifs is 2. The van der Waals surface area contributed by atoms with E-state index in [0.717, 1.165) is 70.3 Å². The van der Waals surface area contributed by atoms with Crippen LogP contribution in [0.15, 0.2) is 73.2 Å². The number of hydrogen-bond donors (Lipinski definition) is 3. The van der Waals surface area contributed by atoms with E-state index in [1.165, 1.54) is 0 Å². The molecule has 0 aliphatic carbocycles. The lowest BCUT2D eigenvalue weighted by molar-refractivity contribution is -0.115. The summed E-state index contributed by atoms with van der Waals surface area (Å²) in [7, 11) is 0. The Morgan fingerprint density at radius 1 is 0.952 bits per heavy atom. The summed E-state index contributed by atoms with van der Waals surface area (Å²) in [5, 5.41) is 11.2. The number of aromatic amines is 2. The van der Waals surface area contributed by atoms with Crippen molar-refractivity contribution in [3.63, 3.8) is 0 Å². The van der Waals surface area contributed by atoms with Crippen molar-refractivity contribution in [2.75, 3.05) is 18.4 Å². The third-order valence-corrected chi connectivity index (χ3v) is 7.67. The number of nitrogens with zero attached hydrogens (tertiary/aromatic N) is 5. The molecule has 1 aliphatic rings. The van der Waals surface area contributed by atoms with Crippen LogP contribution in [0.4, 0.5) is 5.69 Å². The van der Waals surface area contributed by atoms with Crippen LogP contribution in [0.25, 0.3) is 55.8 Å². The lowest BCUT2D eigenvalue weighted by Gasteiger charge is -2.15. The van der Waals surface area contributed by atoms with Crippen LogP contribution in [0.2, 0.25) is 0 Å². The van der Waals surface area contributed by atoms with Gasteiger partial charge in [-0.3, -0.25) is 19.7 Å². The summed E-state index contributed by atoms with van der Waals surface area (Å²) in [6.45, 7) is 3.46. The first-order chi connectivity index (χ1) is 20.6. The topological polar surface area (TPSA) is 133 Å². The van der Waals surface area contributed by atoms with Crippen LogP contribution in [-0.4, -0.2) is 59.9 Å². The number of pyridine rings is 2. The van der Waals surface area contributed by atoms with Crippen LogP contribution in [0.1, 0.15) is 36.5 Å². The Balaban J connectivity index is 1.22. The molecular formula is C32H28N8O2. The van der Waals surface area contributed by atoms with Gasteiger partial charge in [0.05, 0.1) is 28.3 Å². The zero-order chi connectivity index (χ0) is 28.6. The number of carbonyl (C=O) groups is 2. The largest absolute Gasteiger partial charge is 0.339 e. The molecule has 4 aromatic heterocycles. The Labute approximate surface area is 241 Å². The van der Waals surface area contributed by atoms with E-state index < -0.39 is 0 Å². The summed E-state index contributed by atoms with van der Waals surface area (Å²) < 4.78 is 0. The molecule has 0 spiro atoms. The summed E-state index contributed by atoms with van der Waals surface area (Å²) in [5.74, 6) is 0.656. The van der Waals surface area contributed by atoms with Gasteiger partial charge in [0, 0.05) is 54.2 Å². The van der Waals surface area contributed by atoms with Gasteiger partial charge in [-0.15, -0.1) is 0 Å². The van der Waals surface area contributed by atoms with Crippen LogP contribution in [0.3, 0.4) is 0 Å². The third kappa shape index (κ3) is 4.66. The normalized spacial score (nSPS) is 13.2. The minimum absolute atomic E-state index is 0.0737. The minimum Gasteiger partial charge on any atom is -0.339 e. The van der Waals surface area contributed by atoms with Crippen molar-refractivity contribution in [3.05, 3.63) is 78.8 Å². The molecule has 3 N–H and O–H groups in total. The van der Waals surface area contributed by atoms with Gasteiger partial charge in [-0.25, -0.2) is 9.97 Å². The number of nitrogens with one attached hydrogen (secondary N) is 3. The van der Waals surface area contributed by atoms with Gasteiger partial charge in [-0.05, 0) is 48.7 Å². The Hall–Kier alpha value is -5.38. The highest BCUT2D eigenvalue weighted by Gasteiger charge is 2.20. The zero-order valence-corrected chi connectivity index (χ0v) is 23.0. The molecule has 2 amide bonds. The molecule has 0 unspecified atom stereocenters. The first-order valence-corrected chi connectivity index (χ1v) is 14.1. The van der Waals surface area contributed by atoms with Gasteiger partial charge in [-0.2, -0.15) is 5.10 Å². The van der Waals surface area contributed by atoms with E-state index in [4.69, 9.17) is 4.98 Å². The molecule has 0 saturated carbocycles. The Bertz CT molecular complexity index is 1950. The van der Waals surface area contributed by atoms with E-state index in [1.54, 1.807) is 25.5 Å². The van der Waals surface area contributed by atoms with Crippen molar-refractivity contribution < 1.29 is 9.59 Å². The zero-order valence-electron chi connectivity index (χ0n) is 23.0. The summed E-state index contributed by atoms with van der Waals surface area (Å²) in [6.07, 6.45) is 7.63. The number of anilines is 1. The summed E-state index contributed by atoms with van der Waals surface area (Å²) in [5.41, 5.74) is 7.94. The number of para-hydroxylation sites is 1.